The molecule has 2 fully saturated rings. The van der Waals surface area contributed by atoms with Gasteiger partial charge in [0.05, 0.1) is 6.54 Å². The molecule has 1 saturated heterocycles. The highest BCUT2D eigenvalue weighted by Gasteiger charge is 2.40. The van der Waals surface area contributed by atoms with Crippen molar-refractivity contribution in [2.24, 2.45) is 13.0 Å². The third kappa shape index (κ3) is 1.96. The van der Waals surface area contributed by atoms with Crippen molar-refractivity contribution in [1.82, 2.24) is 19.7 Å². The fraction of sp³-hybridized carbons (Fsp3) is 0.857. The maximum atomic E-state index is 4.32. The molecule has 0 spiro atoms. The van der Waals surface area contributed by atoms with Crippen LogP contribution in [0.5, 0.6) is 0 Å². The van der Waals surface area contributed by atoms with Crippen LogP contribution in [-0.4, -0.2) is 31.7 Å². The molecule has 0 radical (unpaired) electrons. The zero-order valence-electron chi connectivity index (χ0n) is 11.8. The van der Waals surface area contributed by atoms with Gasteiger partial charge in [-0.2, -0.15) is 0 Å². The van der Waals surface area contributed by atoms with Crippen LogP contribution in [0.3, 0.4) is 0 Å². The Morgan fingerprint density at radius 2 is 2.00 bits per heavy atom. The molecule has 4 heteroatoms. The summed E-state index contributed by atoms with van der Waals surface area (Å²) in [6, 6.07) is 1.50. The summed E-state index contributed by atoms with van der Waals surface area (Å²) in [6.07, 6.45) is 7.03. The van der Waals surface area contributed by atoms with E-state index in [1.54, 1.807) is 0 Å². The highest BCUT2D eigenvalue weighted by Crippen LogP contribution is 2.40. The van der Waals surface area contributed by atoms with E-state index in [2.05, 4.69) is 33.6 Å². The van der Waals surface area contributed by atoms with Gasteiger partial charge < -0.3 is 4.57 Å². The van der Waals surface area contributed by atoms with Gasteiger partial charge in [0.2, 0.25) is 0 Å². The van der Waals surface area contributed by atoms with Gasteiger partial charge in [-0.15, -0.1) is 10.2 Å². The Morgan fingerprint density at radius 1 is 1.22 bits per heavy atom. The minimum absolute atomic E-state index is 0.704. The molecule has 3 unspecified atom stereocenters. The van der Waals surface area contributed by atoms with E-state index in [1.165, 1.54) is 32.1 Å². The van der Waals surface area contributed by atoms with Crippen LogP contribution in [0, 0.1) is 12.8 Å². The molecule has 0 aromatic carbocycles. The maximum Gasteiger partial charge on any atom is 0.146 e. The molecule has 0 bridgehead atoms. The first-order valence-electron chi connectivity index (χ1n) is 7.27. The number of aromatic nitrogens is 3. The molecule has 0 amide bonds. The van der Waals surface area contributed by atoms with E-state index in [-0.39, 0.29) is 0 Å². The number of likely N-dealkylation sites (tertiary alicyclic amines) is 1. The third-order valence-electron chi connectivity index (χ3n) is 5.01. The van der Waals surface area contributed by atoms with Crippen molar-refractivity contribution >= 4 is 0 Å². The quantitative estimate of drug-likeness (QED) is 0.805. The summed E-state index contributed by atoms with van der Waals surface area (Å²) in [6.45, 7) is 5.37. The third-order valence-corrected chi connectivity index (χ3v) is 5.01. The summed E-state index contributed by atoms with van der Waals surface area (Å²) in [5.41, 5.74) is 0. The van der Waals surface area contributed by atoms with E-state index in [1.807, 2.05) is 6.92 Å². The lowest BCUT2D eigenvalue weighted by Crippen LogP contribution is -2.37. The van der Waals surface area contributed by atoms with Crippen LogP contribution in [0.15, 0.2) is 0 Å². The smallest absolute Gasteiger partial charge is 0.146 e. The van der Waals surface area contributed by atoms with E-state index in [4.69, 9.17) is 0 Å². The van der Waals surface area contributed by atoms with E-state index >= 15 is 0 Å². The van der Waals surface area contributed by atoms with Crippen molar-refractivity contribution in [1.29, 1.82) is 0 Å². The first kappa shape index (κ1) is 12.2. The Kier molecular flexibility index (Phi) is 3.14. The minimum atomic E-state index is 0.704. The van der Waals surface area contributed by atoms with Gasteiger partial charge in [-0.05, 0) is 39.0 Å². The molecule has 1 aliphatic heterocycles. The Morgan fingerprint density at radius 3 is 2.72 bits per heavy atom. The Balaban J connectivity index is 1.77. The highest BCUT2D eigenvalue weighted by atomic mass is 15.3. The minimum Gasteiger partial charge on any atom is -0.317 e. The lowest BCUT2D eigenvalue weighted by molar-refractivity contribution is 0.144. The van der Waals surface area contributed by atoms with Crippen LogP contribution < -0.4 is 0 Å². The molecule has 3 rings (SSSR count). The zero-order valence-corrected chi connectivity index (χ0v) is 11.8. The lowest BCUT2D eigenvalue weighted by Gasteiger charge is -2.32. The molecule has 18 heavy (non-hydrogen) atoms. The lowest BCUT2D eigenvalue weighted by atomic mass is 9.85. The molecular weight excluding hydrogens is 224 g/mol. The van der Waals surface area contributed by atoms with E-state index in [0.717, 1.165) is 30.2 Å². The van der Waals surface area contributed by atoms with Gasteiger partial charge in [0.15, 0.2) is 0 Å². The normalized spacial score (nSPS) is 32.7. The van der Waals surface area contributed by atoms with Crippen molar-refractivity contribution in [3.05, 3.63) is 11.6 Å². The Hall–Kier alpha value is -0.900. The van der Waals surface area contributed by atoms with Crippen molar-refractivity contribution < 1.29 is 0 Å². The van der Waals surface area contributed by atoms with Crippen molar-refractivity contribution in [2.75, 3.05) is 0 Å². The maximum absolute atomic E-state index is 4.32. The molecular formula is C14H24N4. The summed E-state index contributed by atoms with van der Waals surface area (Å²) in [5, 5.41) is 8.50. The number of hydrogen-bond donors (Lipinski definition) is 0. The molecule has 4 nitrogen and oxygen atoms in total. The summed E-state index contributed by atoms with van der Waals surface area (Å²) >= 11 is 0. The van der Waals surface area contributed by atoms with Crippen LogP contribution in [0.1, 0.15) is 50.7 Å². The van der Waals surface area contributed by atoms with Crippen molar-refractivity contribution in [2.45, 2.75) is 64.6 Å². The van der Waals surface area contributed by atoms with Gasteiger partial charge in [-0.1, -0.05) is 12.8 Å². The second kappa shape index (κ2) is 4.65. The molecule has 2 heterocycles. The second-order valence-electron chi connectivity index (χ2n) is 6.09. The first-order chi connectivity index (χ1) is 8.66. The Bertz CT molecular complexity index is 425. The predicted octanol–water partition coefficient (Wildman–Crippen LogP) is 2.28. The van der Waals surface area contributed by atoms with Gasteiger partial charge >= 0.3 is 0 Å². The van der Waals surface area contributed by atoms with Crippen molar-refractivity contribution in [3.63, 3.8) is 0 Å². The van der Waals surface area contributed by atoms with Crippen LogP contribution in [0.25, 0.3) is 0 Å². The molecule has 1 aliphatic carbocycles. The number of rotatable bonds is 2. The van der Waals surface area contributed by atoms with Crippen LogP contribution >= 0.6 is 0 Å². The average molecular weight is 248 g/mol. The van der Waals surface area contributed by atoms with Gasteiger partial charge in [0, 0.05) is 19.1 Å². The summed E-state index contributed by atoms with van der Waals surface area (Å²) < 4.78 is 2.13. The van der Waals surface area contributed by atoms with Gasteiger partial charge in [-0.3, -0.25) is 4.90 Å². The predicted molar refractivity (Wildman–Crippen MR) is 71.1 cm³/mol. The summed E-state index contributed by atoms with van der Waals surface area (Å²) in [4.78, 5) is 2.67. The molecule has 1 aromatic heterocycles. The number of hydrogen-bond acceptors (Lipinski definition) is 3. The molecule has 3 atom stereocenters. The number of aryl methyl sites for hydroxylation is 1. The summed E-state index contributed by atoms with van der Waals surface area (Å²) in [5.74, 6) is 3.06. The summed E-state index contributed by atoms with van der Waals surface area (Å²) in [7, 11) is 2.07. The fourth-order valence-electron chi connectivity index (χ4n) is 3.83. The molecule has 0 N–H and O–H groups in total. The largest absolute Gasteiger partial charge is 0.317 e. The van der Waals surface area contributed by atoms with Crippen LogP contribution in [-0.2, 0) is 13.6 Å². The molecule has 1 saturated carbocycles. The van der Waals surface area contributed by atoms with Gasteiger partial charge in [-0.25, -0.2) is 0 Å². The highest BCUT2D eigenvalue weighted by molar-refractivity contribution is 4.99. The SMILES string of the molecule is Cc1nnc(CN2C(C)CC3CCCCC32)n1C. The average Bonchev–Trinajstić information content (AvgIpc) is 2.85. The van der Waals surface area contributed by atoms with E-state index in [0.29, 0.717) is 6.04 Å². The second-order valence-corrected chi connectivity index (χ2v) is 6.09. The molecule has 2 aliphatic rings. The van der Waals surface area contributed by atoms with Crippen LogP contribution in [0.2, 0.25) is 0 Å². The first-order valence-corrected chi connectivity index (χ1v) is 7.27. The topological polar surface area (TPSA) is 34.0 Å². The van der Waals surface area contributed by atoms with Crippen molar-refractivity contribution in [3.8, 4) is 0 Å². The Labute approximate surface area is 109 Å². The fourth-order valence-corrected chi connectivity index (χ4v) is 3.83. The monoisotopic (exact) mass is 248 g/mol. The van der Waals surface area contributed by atoms with E-state index in [9.17, 15) is 0 Å². The van der Waals surface area contributed by atoms with E-state index < -0.39 is 0 Å². The molecule has 100 valence electrons. The number of nitrogens with zero attached hydrogens (tertiary/aromatic N) is 4. The van der Waals surface area contributed by atoms with Gasteiger partial charge in [0.25, 0.3) is 0 Å². The standard InChI is InChI=1S/C14H24N4/c1-10-8-12-6-4-5-7-13(12)18(10)9-14-16-15-11(2)17(14)3/h10,12-13H,4-9H2,1-3H3. The molecule has 1 aromatic rings. The zero-order chi connectivity index (χ0) is 12.7. The van der Waals surface area contributed by atoms with Gasteiger partial charge in [0.1, 0.15) is 11.6 Å². The number of fused-ring (bicyclic) bond motifs is 1. The van der Waals surface area contributed by atoms with Crippen LogP contribution in [0.4, 0.5) is 0 Å².